The van der Waals surface area contributed by atoms with Gasteiger partial charge >= 0.3 is 0 Å². The van der Waals surface area contributed by atoms with Gasteiger partial charge in [0.2, 0.25) is 5.91 Å². The summed E-state index contributed by atoms with van der Waals surface area (Å²) >= 11 is 0. The molecule has 2 heterocycles. The van der Waals surface area contributed by atoms with E-state index in [-0.39, 0.29) is 11.9 Å². The number of likely N-dealkylation sites (N-methyl/N-ethyl adjacent to an activating group) is 1. The number of fused-ring (bicyclic) bond motifs is 1. The fourth-order valence-corrected chi connectivity index (χ4v) is 3.16. The molecule has 1 atom stereocenters. The molecule has 1 aromatic carbocycles. The Morgan fingerprint density at radius 3 is 3.15 bits per heavy atom. The number of carbonyl (C=O) groups excluding carboxylic acids is 1. The smallest absolute Gasteiger partial charge is 0.237 e. The van der Waals surface area contributed by atoms with Crippen molar-refractivity contribution in [3.8, 4) is 0 Å². The van der Waals surface area contributed by atoms with Crippen molar-refractivity contribution >= 4 is 16.8 Å². The highest BCUT2D eigenvalue weighted by Crippen LogP contribution is 2.21. The van der Waals surface area contributed by atoms with E-state index >= 15 is 0 Å². The maximum atomic E-state index is 11.8. The zero-order valence-corrected chi connectivity index (χ0v) is 11.9. The van der Waals surface area contributed by atoms with Crippen molar-refractivity contribution < 1.29 is 4.79 Å². The summed E-state index contributed by atoms with van der Waals surface area (Å²) in [5.74, 6) is 0.154. The van der Waals surface area contributed by atoms with Gasteiger partial charge in [-0.1, -0.05) is 18.2 Å². The molecule has 1 amide bonds. The minimum absolute atomic E-state index is 0.0604. The molecular formula is C16H21N3O. The van der Waals surface area contributed by atoms with Gasteiger partial charge in [-0.25, -0.2) is 0 Å². The van der Waals surface area contributed by atoms with E-state index < -0.39 is 0 Å². The zero-order chi connectivity index (χ0) is 13.9. The van der Waals surface area contributed by atoms with E-state index in [1.54, 1.807) is 7.05 Å². The van der Waals surface area contributed by atoms with Crippen LogP contribution >= 0.6 is 0 Å². The van der Waals surface area contributed by atoms with Gasteiger partial charge in [-0.05, 0) is 37.4 Å². The van der Waals surface area contributed by atoms with Crippen LogP contribution in [0.25, 0.3) is 10.9 Å². The highest BCUT2D eigenvalue weighted by Gasteiger charge is 2.29. The maximum absolute atomic E-state index is 11.8. The predicted octanol–water partition coefficient (Wildman–Crippen LogP) is 1.92. The Bertz CT molecular complexity index is 605. The van der Waals surface area contributed by atoms with Crippen LogP contribution in [0.15, 0.2) is 30.5 Å². The molecule has 1 unspecified atom stereocenters. The minimum Gasteiger partial charge on any atom is -0.361 e. The number of amides is 1. The summed E-state index contributed by atoms with van der Waals surface area (Å²) in [5, 5.41) is 4.07. The lowest BCUT2D eigenvalue weighted by Gasteiger charge is -2.22. The Morgan fingerprint density at radius 2 is 2.30 bits per heavy atom. The fraction of sp³-hybridized carbons (Fsp3) is 0.438. The molecule has 0 aliphatic carbocycles. The molecule has 1 saturated heterocycles. The number of carbonyl (C=O) groups is 1. The van der Waals surface area contributed by atoms with Crippen LogP contribution in [-0.2, 0) is 11.2 Å². The van der Waals surface area contributed by atoms with Crippen molar-refractivity contribution in [3.63, 3.8) is 0 Å². The number of benzene rings is 1. The van der Waals surface area contributed by atoms with E-state index in [1.165, 1.54) is 16.5 Å². The Labute approximate surface area is 119 Å². The van der Waals surface area contributed by atoms with Crippen molar-refractivity contribution in [2.75, 3.05) is 20.1 Å². The van der Waals surface area contributed by atoms with Gasteiger partial charge in [-0.15, -0.1) is 0 Å². The van der Waals surface area contributed by atoms with Gasteiger partial charge in [0.15, 0.2) is 0 Å². The summed E-state index contributed by atoms with van der Waals surface area (Å²) in [5.41, 5.74) is 2.52. The molecule has 4 nitrogen and oxygen atoms in total. The maximum Gasteiger partial charge on any atom is 0.237 e. The standard InChI is InChI=1S/C16H21N3O/c1-17-16(20)15-7-4-9-19(15)10-8-12-11-18-14-6-3-2-5-13(12)14/h2-3,5-6,11,15,18H,4,7-10H2,1H3,(H,17,20). The number of aromatic amines is 1. The van der Waals surface area contributed by atoms with Crippen LogP contribution in [0.1, 0.15) is 18.4 Å². The summed E-state index contributed by atoms with van der Waals surface area (Å²) in [6.07, 6.45) is 5.17. The Morgan fingerprint density at radius 1 is 1.45 bits per heavy atom. The normalized spacial score (nSPS) is 19.6. The molecule has 1 fully saturated rings. The minimum atomic E-state index is 0.0604. The van der Waals surface area contributed by atoms with Crippen molar-refractivity contribution in [3.05, 3.63) is 36.0 Å². The topological polar surface area (TPSA) is 48.1 Å². The van der Waals surface area contributed by atoms with Crippen LogP contribution in [0.2, 0.25) is 0 Å². The first-order valence-electron chi connectivity index (χ1n) is 7.30. The summed E-state index contributed by atoms with van der Waals surface area (Å²) in [6.45, 7) is 1.97. The van der Waals surface area contributed by atoms with Crippen LogP contribution in [0.5, 0.6) is 0 Å². The number of nitrogens with zero attached hydrogens (tertiary/aromatic N) is 1. The monoisotopic (exact) mass is 271 g/mol. The Hall–Kier alpha value is -1.81. The molecule has 0 bridgehead atoms. The van der Waals surface area contributed by atoms with Gasteiger partial charge in [0, 0.05) is 30.7 Å². The second-order valence-electron chi connectivity index (χ2n) is 5.42. The first-order valence-corrected chi connectivity index (χ1v) is 7.30. The van der Waals surface area contributed by atoms with E-state index in [2.05, 4.69) is 39.6 Å². The quantitative estimate of drug-likeness (QED) is 0.892. The van der Waals surface area contributed by atoms with Crippen molar-refractivity contribution in [2.45, 2.75) is 25.3 Å². The van der Waals surface area contributed by atoms with Gasteiger partial charge < -0.3 is 10.3 Å². The lowest BCUT2D eigenvalue weighted by molar-refractivity contribution is -0.124. The third-order valence-corrected chi connectivity index (χ3v) is 4.26. The molecule has 20 heavy (non-hydrogen) atoms. The van der Waals surface area contributed by atoms with Gasteiger partial charge in [-0.3, -0.25) is 9.69 Å². The van der Waals surface area contributed by atoms with Gasteiger partial charge in [-0.2, -0.15) is 0 Å². The summed E-state index contributed by atoms with van der Waals surface area (Å²) in [4.78, 5) is 17.5. The lowest BCUT2D eigenvalue weighted by atomic mass is 10.1. The van der Waals surface area contributed by atoms with Crippen LogP contribution in [0.4, 0.5) is 0 Å². The van der Waals surface area contributed by atoms with Crippen LogP contribution in [0, 0.1) is 0 Å². The second-order valence-corrected chi connectivity index (χ2v) is 5.42. The van der Waals surface area contributed by atoms with Crippen molar-refractivity contribution in [2.24, 2.45) is 0 Å². The van der Waals surface area contributed by atoms with Gasteiger partial charge in [0.05, 0.1) is 6.04 Å². The van der Waals surface area contributed by atoms with Crippen LogP contribution in [0.3, 0.4) is 0 Å². The van der Waals surface area contributed by atoms with Crippen LogP contribution < -0.4 is 5.32 Å². The Kier molecular flexibility index (Phi) is 3.74. The SMILES string of the molecule is CNC(=O)C1CCCN1CCc1c[nH]c2ccccc12. The number of nitrogens with one attached hydrogen (secondary N) is 2. The van der Waals surface area contributed by atoms with Gasteiger partial charge in [0.25, 0.3) is 0 Å². The van der Waals surface area contributed by atoms with E-state index in [0.29, 0.717) is 0 Å². The molecule has 2 N–H and O–H groups in total. The average Bonchev–Trinajstić information content (AvgIpc) is 3.11. The fourth-order valence-electron chi connectivity index (χ4n) is 3.16. The number of rotatable bonds is 4. The molecule has 1 aliphatic rings. The lowest BCUT2D eigenvalue weighted by Crippen LogP contribution is -2.42. The zero-order valence-electron chi connectivity index (χ0n) is 11.9. The first kappa shape index (κ1) is 13.2. The highest BCUT2D eigenvalue weighted by atomic mass is 16.2. The van der Waals surface area contributed by atoms with E-state index in [1.807, 2.05) is 6.07 Å². The molecule has 4 heteroatoms. The van der Waals surface area contributed by atoms with Crippen molar-refractivity contribution in [1.29, 1.82) is 0 Å². The molecule has 0 radical (unpaired) electrons. The summed E-state index contributed by atoms with van der Waals surface area (Å²) in [7, 11) is 1.72. The second kappa shape index (κ2) is 5.67. The van der Waals surface area contributed by atoms with Gasteiger partial charge in [0.1, 0.15) is 0 Å². The van der Waals surface area contributed by atoms with E-state index in [9.17, 15) is 4.79 Å². The number of H-pyrrole nitrogens is 1. The molecule has 3 rings (SSSR count). The third-order valence-electron chi connectivity index (χ3n) is 4.26. The number of hydrogen-bond donors (Lipinski definition) is 2. The van der Waals surface area contributed by atoms with E-state index in [4.69, 9.17) is 0 Å². The molecule has 106 valence electrons. The number of aromatic nitrogens is 1. The summed E-state index contributed by atoms with van der Waals surface area (Å²) < 4.78 is 0. The largest absolute Gasteiger partial charge is 0.361 e. The number of para-hydroxylation sites is 1. The predicted molar refractivity (Wildman–Crippen MR) is 80.7 cm³/mol. The molecule has 1 aliphatic heterocycles. The average molecular weight is 271 g/mol. The molecule has 0 saturated carbocycles. The first-order chi connectivity index (χ1) is 9.79. The van der Waals surface area contributed by atoms with Crippen molar-refractivity contribution in [1.82, 2.24) is 15.2 Å². The summed E-state index contributed by atoms with van der Waals surface area (Å²) in [6, 6.07) is 8.43. The number of likely N-dealkylation sites (tertiary alicyclic amines) is 1. The van der Waals surface area contributed by atoms with Crippen LogP contribution in [-0.4, -0.2) is 42.0 Å². The molecular weight excluding hydrogens is 250 g/mol. The molecule has 2 aromatic rings. The number of hydrogen-bond acceptors (Lipinski definition) is 2. The highest BCUT2D eigenvalue weighted by molar-refractivity contribution is 5.83. The molecule has 0 spiro atoms. The van der Waals surface area contributed by atoms with E-state index in [0.717, 1.165) is 32.4 Å². The third kappa shape index (κ3) is 2.43. The molecule has 1 aromatic heterocycles. The Balaban J connectivity index is 1.68.